The van der Waals surface area contributed by atoms with Crippen LogP contribution in [0.4, 0.5) is 5.95 Å². The summed E-state index contributed by atoms with van der Waals surface area (Å²) in [6, 6.07) is 1.98. The van der Waals surface area contributed by atoms with E-state index in [0.717, 1.165) is 22.4 Å². The zero-order chi connectivity index (χ0) is 11.3. The van der Waals surface area contributed by atoms with Crippen molar-refractivity contribution in [3.63, 3.8) is 0 Å². The molecule has 4 nitrogen and oxygen atoms in total. The molecule has 0 saturated heterocycles. The van der Waals surface area contributed by atoms with Crippen molar-refractivity contribution < 1.29 is 0 Å². The number of hydrazine groups is 1. The number of anilines is 1. The standard InChI is InChI=1S/C10H18N4S/c1-7(2)4-5-15-9-6-8(3)12-10(13-9)14-11/h6-7H,4-5,11H2,1-3H3,(H,12,13,14). The lowest BCUT2D eigenvalue weighted by molar-refractivity contribution is 0.632. The van der Waals surface area contributed by atoms with Gasteiger partial charge in [0.1, 0.15) is 5.03 Å². The molecule has 1 heterocycles. The zero-order valence-electron chi connectivity index (χ0n) is 9.45. The Morgan fingerprint density at radius 1 is 1.47 bits per heavy atom. The Morgan fingerprint density at radius 2 is 2.20 bits per heavy atom. The maximum absolute atomic E-state index is 5.28. The summed E-state index contributed by atoms with van der Waals surface area (Å²) in [7, 11) is 0. The smallest absolute Gasteiger partial charge is 0.238 e. The molecule has 0 saturated carbocycles. The minimum absolute atomic E-state index is 0.488. The van der Waals surface area contributed by atoms with Crippen molar-refractivity contribution in [2.75, 3.05) is 11.2 Å². The van der Waals surface area contributed by atoms with Gasteiger partial charge in [0.15, 0.2) is 0 Å². The quantitative estimate of drug-likeness (QED) is 0.349. The summed E-state index contributed by atoms with van der Waals surface area (Å²) < 4.78 is 0. The van der Waals surface area contributed by atoms with E-state index in [0.29, 0.717) is 5.95 Å². The van der Waals surface area contributed by atoms with Gasteiger partial charge in [0.2, 0.25) is 5.95 Å². The second-order valence-corrected chi connectivity index (χ2v) is 4.96. The number of nitrogens with two attached hydrogens (primary N) is 1. The number of nitrogen functional groups attached to an aromatic ring is 1. The topological polar surface area (TPSA) is 63.8 Å². The maximum atomic E-state index is 5.28. The lowest BCUT2D eigenvalue weighted by Gasteiger charge is -2.06. The minimum atomic E-state index is 0.488. The minimum Gasteiger partial charge on any atom is -0.292 e. The van der Waals surface area contributed by atoms with E-state index in [1.54, 1.807) is 11.8 Å². The largest absolute Gasteiger partial charge is 0.292 e. The van der Waals surface area contributed by atoms with Crippen LogP contribution in [0, 0.1) is 12.8 Å². The molecule has 0 bridgehead atoms. The highest BCUT2D eigenvalue weighted by molar-refractivity contribution is 7.99. The monoisotopic (exact) mass is 226 g/mol. The Labute approximate surface area is 95.0 Å². The first-order valence-corrected chi connectivity index (χ1v) is 6.05. The Kier molecular flexibility index (Phi) is 4.84. The van der Waals surface area contributed by atoms with Crippen LogP contribution in [0.3, 0.4) is 0 Å². The summed E-state index contributed by atoms with van der Waals surface area (Å²) in [6.45, 7) is 6.38. The number of hydrogen-bond donors (Lipinski definition) is 2. The lowest BCUT2D eigenvalue weighted by atomic mass is 10.2. The Hall–Kier alpha value is -0.810. The van der Waals surface area contributed by atoms with Crippen molar-refractivity contribution in [1.82, 2.24) is 9.97 Å². The van der Waals surface area contributed by atoms with Crippen molar-refractivity contribution >= 4 is 17.7 Å². The molecule has 5 heteroatoms. The Balaban J connectivity index is 2.56. The molecule has 0 amide bonds. The van der Waals surface area contributed by atoms with Gasteiger partial charge in [0, 0.05) is 5.69 Å². The number of hydrogen-bond acceptors (Lipinski definition) is 5. The number of nitrogens with zero attached hydrogens (tertiary/aromatic N) is 2. The summed E-state index contributed by atoms with van der Waals surface area (Å²) >= 11 is 1.75. The summed E-state index contributed by atoms with van der Waals surface area (Å²) in [6.07, 6.45) is 1.19. The van der Waals surface area contributed by atoms with Crippen LogP contribution in [0.5, 0.6) is 0 Å². The molecule has 3 N–H and O–H groups in total. The van der Waals surface area contributed by atoms with Crippen LogP contribution >= 0.6 is 11.8 Å². The van der Waals surface area contributed by atoms with Crippen molar-refractivity contribution in [1.29, 1.82) is 0 Å². The van der Waals surface area contributed by atoms with Gasteiger partial charge in [-0.25, -0.2) is 15.8 Å². The molecule has 0 fully saturated rings. The fraction of sp³-hybridized carbons (Fsp3) is 0.600. The highest BCUT2D eigenvalue weighted by atomic mass is 32.2. The average molecular weight is 226 g/mol. The van der Waals surface area contributed by atoms with Crippen LogP contribution in [-0.2, 0) is 0 Å². The van der Waals surface area contributed by atoms with Gasteiger partial charge in [-0.15, -0.1) is 11.8 Å². The van der Waals surface area contributed by atoms with Gasteiger partial charge in [-0.1, -0.05) is 13.8 Å². The molecule has 0 aromatic carbocycles. The van der Waals surface area contributed by atoms with Crippen molar-refractivity contribution in [2.45, 2.75) is 32.2 Å². The van der Waals surface area contributed by atoms with Gasteiger partial charge < -0.3 is 0 Å². The van der Waals surface area contributed by atoms with E-state index < -0.39 is 0 Å². The normalized spacial score (nSPS) is 10.7. The molecule has 0 unspecified atom stereocenters. The first kappa shape index (κ1) is 12.3. The highest BCUT2D eigenvalue weighted by Crippen LogP contribution is 2.19. The van der Waals surface area contributed by atoms with E-state index in [1.165, 1.54) is 6.42 Å². The van der Waals surface area contributed by atoms with Crippen LogP contribution in [0.1, 0.15) is 26.0 Å². The van der Waals surface area contributed by atoms with Crippen molar-refractivity contribution in [3.05, 3.63) is 11.8 Å². The third-order valence-corrected chi connectivity index (χ3v) is 2.85. The van der Waals surface area contributed by atoms with Gasteiger partial charge in [-0.05, 0) is 31.1 Å². The van der Waals surface area contributed by atoms with Crippen LogP contribution < -0.4 is 11.3 Å². The molecular formula is C10H18N4S. The summed E-state index contributed by atoms with van der Waals surface area (Å²) in [5.41, 5.74) is 3.41. The fourth-order valence-corrected chi connectivity index (χ4v) is 2.28. The molecular weight excluding hydrogens is 208 g/mol. The Morgan fingerprint density at radius 3 is 2.80 bits per heavy atom. The predicted molar refractivity (Wildman–Crippen MR) is 64.8 cm³/mol. The molecule has 1 rings (SSSR count). The maximum Gasteiger partial charge on any atom is 0.238 e. The molecule has 0 aliphatic carbocycles. The summed E-state index contributed by atoms with van der Waals surface area (Å²) in [5.74, 6) is 7.58. The SMILES string of the molecule is Cc1cc(SCCC(C)C)nc(NN)n1. The third kappa shape index (κ3) is 4.48. The fourth-order valence-electron chi connectivity index (χ4n) is 1.08. The number of aryl methyl sites for hydroxylation is 1. The molecule has 1 aromatic heterocycles. The highest BCUT2D eigenvalue weighted by Gasteiger charge is 2.02. The molecule has 0 radical (unpaired) electrons. The van der Waals surface area contributed by atoms with Gasteiger partial charge in [-0.3, -0.25) is 5.43 Å². The van der Waals surface area contributed by atoms with E-state index in [1.807, 2.05) is 13.0 Å². The number of thioether (sulfide) groups is 1. The molecule has 0 spiro atoms. The van der Waals surface area contributed by atoms with E-state index in [-0.39, 0.29) is 0 Å². The molecule has 0 aliphatic rings. The Bertz CT molecular complexity index is 314. The summed E-state index contributed by atoms with van der Waals surface area (Å²) in [5, 5.41) is 0.982. The van der Waals surface area contributed by atoms with E-state index >= 15 is 0 Å². The number of nitrogens with one attached hydrogen (secondary N) is 1. The van der Waals surface area contributed by atoms with E-state index in [4.69, 9.17) is 5.84 Å². The van der Waals surface area contributed by atoms with E-state index in [2.05, 4.69) is 29.2 Å². The molecule has 0 aliphatic heterocycles. The van der Waals surface area contributed by atoms with Crippen molar-refractivity contribution in [2.24, 2.45) is 11.8 Å². The molecule has 1 aromatic rings. The molecule has 15 heavy (non-hydrogen) atoms. The second-order valence-electron chi connectivity index (χ2n) is 3.85. The lowest BCUT2D eigenvalue weighted by Crippen LogP contribution is -2.11. The van der Waals surface area contributed by atoms with Crippen LogP contribution in [-0.4, -0.2) is 15.7 Å². The number of aromatic nitrogens is 2. The average Bonchev–Trinajstić information content (AvgIpc) is 2.16. The van der Waals surface area contributed by atoms with Crippen LogP contribution in [0.25, 0.3) is 0 Å². The van der Waals surface area contributed by atoms with Crippen LogP contribution in [0.15, 0.2) is 11.1 Å². The second kappa shape index (κ2) is 5.92. The predicted octanol–water partition coefficient (Wildman–Crippen LogP) is 2.21. The number of rotatable bonds is 5. The van der Waals surface area contributed by atoms with Gasteiger partial charge >= 0.3 is 0 Å². The van der Waals surface area contributed by atoms with Crippen molar-refractivity contribution in [3.8, 4) is 0 Å². The first-order chi connectivity index (χ1) is 7.11. The molecule has 84 valence electrons. The zero-order valence-corrected chi connectivity index (χ0v) is 10.3. The summed E-state index contributed by atoms with van der Waals surface area (Å²) in [4.78, 5) is 8.40. The van der Waals surface area contributed by atoms with Gasteiger partial charge in [0.25, 0.3) is 0 Å². The molecule has 0 atom stereocenters. The first-order valence-electron chi connectivity index (χ1n) is 5.07. The van der Waals surface area contributed by atoms with Gasteiger partial charge in [0.05, 0.1) is 0 Å². The van der Waals surface area contributed by atoms with Gasteiger partial charge in [-0.2, -0.15) is 0 Å². The van der Waals surface area contributed by atoms with E-state index in [9.17, 15) is 0 Å². The third-order valence-electron chi connectivity index (χ3n) is 1.90. The van der Waals surface area contributed by atoms with Crippen LogP contribution in [0.2, 0.25) is 0 Å².